The molecule has 10 heteroatoms. The second-order valence-corrected chi connectivity index (χ2v) is 8.90. The number of nitrogens with one attached hydrogen (secondary N) is 2. The molecule has 1 aromatic carbocycles. The number of methoxy groups -OCH3 is 1. The van der Waals surface area contributed by atoms with E-state index in [1.54, 1.807) is 11.0 Å². The highest BCUT2D eigenvalue weighted by Crippen LogP contribution is 2.58. The van der Waals surface area contributed by atoms with E-state index in [4.69, 9.17) is 22.3 Å². The first kappa shape index (κ1) is 20.9. The average molecular weight is 436 g/mol. The van der Waals surface area contributed by atoms with Gasteiger partial charge in [0.05, 0.1) is 36.9 Å². The summed E-state index contributed by atoms with van der Waals surface area (Å²) >= 11 is 0. The van der Waals surface area contributed by atoms with Crippen molar-refractivity contribution in [2.75, 3.05) is 25.5 Å². The molecule has 1 spiro atoms. The first-order valence-corrected chi connectivity index (χ1v) is 11.1. The fourth-order valence-electron chi connectivity index (χ4n) is 5.89. The highest BCUT2D eigenvalue weighted by Gasteiger charge is 2.65. The summed E-state index contributed by atoms with van der Waals surface area (Å²) in [4.78, 5) is 14.4. The van der Waals surface area contributed by atoms with Crippen LogP contribution in [0.15, 0.2) is 41.1 Å². The number of rotatable bonds is 1. The molecule has 30 heavy (non-hydrogen) atoms. The van der Waals surface area contributed by atoms with Gasteiger partial charge < -0.3 is 24.6 Å². The lowest BCUT2D eigenvalue weighted by atomic mass is 9.62. The Bertz CT molecular complexity index is 1070. The molecule has 2 fully saturated rings. The van der Waals surface area contributed by atoms with E-state index in [2.05, 4.69) is 24.4 Å². The maximum Gasteiger partial charge on any atom is 0.336 e. The normalized spacial score (nSPS) is 32.0. The zero-order chi connectivity index (χ0) is 21.8. The van der Waals surface area contributed by atoms with Gasteiger partial charge in [0.2, 0.25) is 10.4 Å². The SMILES string of the molecule is C/C=C1\C[NH+]2CCC34C(=C(C(=O)OC)[C@H]1C[C@@H]23)Nc1c(O)cccc14.O=S(=O)([O-])O. The Morgan fingerprint density at radius 1 is 1.43 bits per heavy atom. The number of carbonyl (C=O) groups excluding carboxylic acids is 1. The van der Waals surface area contributed by atoms with Gasteiger partial charge >= 0.3 is 5.97 Å². The topological polar surface area (TPSA) is 140 Å². The van der Waals surface area contributed by atoms with E-state index < -0.39 is 10.4 Å². The monoisotopic (exact) mass is 436 g/mol. The lowest BCUT2D eigenvalue weighted by Crippen LogP contribution is -3.16. The summed E-state index contributed by atoms with van der Waals surface area (Å²) in [5.74, 6) is 0.135. The molecular formula is C20H24N2O7S. The van der Waals surface area contributed by atoms with Crippen LogP contribution in [0.2, 0.25) is 0 Å². The van der Waals surface area contributed by atoms with Crippen LogP contribution in [0.25, 0.3) is 0 Å². The molecule has 4 N–H and O–H groups in total. The fourth-order valence-corrected chi connectivity index (χ4v) is 5.89. The van der Waals surface area contributed by atoms with Crippen molar-refractivity contribution in [3.05, 3.63) is 46.7 Å². The maximum absolute atomic E-state index is 12.8. The molecule has 2 bridgehead atoms. The van der Waals surface area contributed by atoms with E-state index in [1.165, 1.54) is 12.7 Å². The molecule has 5 rings (SSSR count). The van der Waals surface area contributed by atoms with Gasteiger partial charge in [0, 0.05) is 24.5 Å². The number of allylic oxidation sites excluding steroid dienone is 1. The van der Waals surface area contributed by atoms with Crippen LogP contribution in [0.3, 0.4) is 0 Å². The Kier molecular flexibility index (Phi) is 4.93. The molecule has 162 valence electrons. The van der Waals surface area contributed by atoms with E-state index in [9.17, 15) is 9.90 Å². The highest BCUT2D eigenvalue weighted by molar-refractivity contribution is 7.79. The van der Waals surface area contributed by atoms with Gasteiger partial charge in [-0.15, -0.1) is 0 Å². The number of carbonyl (C=O) groups is 1. The van der Waals surface area contributed by atoms with Crippen molar-refractivity contribution >= 4 is 22.1 Å². The van der Waals surface area contributed by atoms with E-state index in [0.29, 0.717) is 6.04 Å². The third-order valence-corrected chi connectivity index (χ3v) is 6.89. The van der Waals surface area contributed by atoms with Crippen LogP contribution in [0.1, 0.15) is 25.3 Å². The molecule has 0 aromatic heterocycles. The van der Waals surface area contributed by atoms with Crippen LogP contribution in [-0.4, -0.2) is 54.8 Å². The Balaban J connectivity index is 0.000000393. The number of phenols is 1. The fraction of sp³-hybridized carbons (Fsp3) is 0.450. The number of fused-ring (bicyclic) bond motifs is 2. The molecule has 0 radical (unpaired) electrons. The number of phenolic OH excluding ortho intramolecular Hbond substituents is 1. The summed E-state index contributed by atoms with van der Waals surface area (Å²) < 4.78 is 38.0. The van der Waals surface area contributed by atoms with Crippen LogP contribution in [0.5, 0.6) is 5.75 Å². The van der Waals surface area contributed by atoms with Crippen LogP contribution in [0.4, 0.5) is 5.69 Å². The van der Waals surface area contributed by atoms with E-state index in [0.717, 1.165) is 48.5 Å². The number of aromatic hydroxyl groups is 1. The molecule has 2 unspecified atom stereocenters. The number of benzene rings is 1. The lowest BCUT2D eigenvalue weighted by molar-refractivity contribution is -0.914. The summed E-state index contributed by atoms with van der Waals surface area (Å²) in [6.07, 6.45) is 4.14. The third kappa shape index (κ3) is 3.02. The first-order valence-electron chi connectivity index (χ1n) is 9.72. The number of para-hydroxylation sites is 1. The molecule has 1 aromatic rings. The Morgan fingerprint density at radius 3 is 2.77 bits per heavy atom. The Labute approximate surface area is 174 Å². The van der Waals surface area contributed by atoms with Crippen LogP contribution in [-0.2, 0) is 25.3 Å². The Hall–Kier alpha value is -2.40. The van der Waals surface area contributed by atoms with Crippen LogP contribution in [0, 0.1) is 5.92 Å². The van der Waals surface area contributed by atoms with Crippen molar-refractivity contribution in [2.24, 2.45) is 5.92 Å². The first-order chi connectivity index (χ1) is 14.1. The van der Waals surface area contributed by atoms with Gasteiger partial charge in [0.1, 0.15) is 11.8 Å². The molecule has 3 heterocycles. The number of piperidine rings is 1. The predicted octanol–water partition coefficient (Wildman–Crippen LogP) is 0.124. The predicted molar refractivity (Wildman–Crippen MR) is 106 cm³/mol. The molecule has 4 aliphatic rings. The number of hydrogen-bond donors (Lipinski definition) is 4. The lowest BCUT2D eigenvalue weighted by Gasteiger charge is -2.45. The molecule has 9 nitrogen and oxygen atoms in total. The largest absolute Gasteiger partial charge is 0.726 e. The van der Waals surface area contributed by atoms with Gasteiger partial charge in [-0.25, -0.2) is 13.2 Å². The van der Waals surface area contributed by atoms with Crippen molar-refractivity contribution in [3.63, 3.8) is 0 Å². The molecule has 2 saturated heterocycles. The molecular weight excluding hydrogens is 412 g/mol. The summed E-state index contributed by atoms with van der Waals surface area (Å²) in [6, 6.07) is 6.18. The van der Waals surface area contributed by atoms with E-state index in [1.807, 2.05) is 6.07 Å². The smallest absolute Gasteiger partial charge is 0.336 e. The quantitative estimate of drug-likeness (QED) is 0.160. The minimum absolute atomic E-state index is 0.122. The second kappa shape index (κ2) is 7.09. The number of ether oxygens (including phenoxy) is 1. The number of hydrogen-bond acceptors (Lipinski definition) is 7. The van der Waals surface area contributed by atoms with Gasteiger partial charge in [-0.2, -0.15) is 0 Å². The zero-order valence-electron chi connectivity index (χ0n) is 16.6. The molecule has 4 atom stereocenters. The average Bonchev–Trinajstić information content (AvgIpc) is 3.23. The summed E-state index contributed by atoms with van der Waals surface area (Å²) in [7, 11) is -3.46. The summed E-state index contributed by atoms with van der Waals surface area (Å²) in [5.41, 5.74) is 4.80. The highest BCUT2D eigenvalue weighted by atomic mass is 32.3. The maximum atomic E-state index is 12.8. The van der Waals surface area contributed by atoms with Crippen molar-refractivity contribution in [3.8, 4) is 5.75 Å². The third-order valence-electron chi connectivity index (χ3n) is 6.89. The second-order valence-electron chi connectivity index (χ2n) is 8.04. The number of quaternary nitrogens is 1. The molecule has 3 aliphatic heterocycles. The van der Waals surface area contributed by atoms with Gasteiger partial charge in [-0.05, 0) is 24.1 Å². The Morgan fingerprint density at radius 2 is 2.13 bits per heavy atom. The van der Waals surface area contributed by atoms with E-state index in [-0.39, 0.29) is 23.1 Å². The van der Waals surface area contributed by atoms with Crippen LogP contribution >= 0.6 is 0 Å². The molecule has 1 aliphatic carbocycles. The van der Waals surface area contributed by atoms with Gasteiger partial charge in [0.15, 0.2) is 0 Å². The zero-order valence-corrected chi connectivity index (χ0v) is 17.5. The number of anilines is 1. The van der Waals surface area contributed by atoms with Crippen molar-refractivity contribution < 1.29 is 37.1 Å². The van der Waals surface area contributed by atoms with Crippen molar-refractivity contribution in [2.45, 2.75) is 31.2 Å². The van der Waals surface area contributed by atoms with Gasteiger partial charge in [-0.1, -0.05) is 18.2 Å². The van der Waals surface area contributed by atoms with Gasteiger partial charge in [0.25, 0.3) is 0 Å². The molecule has 0 saturated carbocycles. The van der Waals surface area contributed by atoms with Crippen LogP contribution < -0.4 is 10.2 Å². The minimum atomic E-state index is -4.92. The number of esters is 1. The summed E-state index contributed by atoms with van der Waals surface area (Å²) in [6.45, 7) is 4.15. The van der Waals surface area contributed by atoms with Crippen molar-refractivity contribution in [1.82, 2.24) is 0 Å². The minimum Gasteiger partial charge on any atom is -0.726 e. The standard InChI is InChI=1S/C20H22N2O3.H2O4S/c1-3-11-10-22-8-7-20-13-5-4-6-14(23)17(13)21-18(20)16(19(24)25-2)12(11)9-15(20)22;1-5(2,3)4/h3-6,12,15,21,23H,7-10H2,1-2H3;(H2,1,2,3,4)/b11-3+;/t12-,15+,20?;/m0./s1. The van der Waals surface area contributed by atoms with Crippen molar-refractivity contribution in [1.29, 1.82) is 0 Å². The van der Waals surface area contributed by atoms with Gasteiger partial charge in [-0.3, -0.25) is 4.55 Å². The summed E-state index contributed by atoms with van der Waals surface area (Å²) in [5, 5.41) is 13.9. The molecule has 0 amide bonds. The van der Waals surface area contributed by atoms with E-state index >= 15 is 0 Å².